The number of nitrogens with two attached hydrogens (primary N) is 1. The Morgan fingerprint density at radius 1 is 1.38 bits per heavy atom. The van der Waals surface area contributed by atoms with Crippen molar-refractivity contribution in [3.8, 4) is 11.5 Å². The molecule has 3 N–H and O–H groups in total. The van der Waals surface area contributed by atoms with Gasteiger partial charge in [0.1, 0.15) is 11.5 Å². The Balaban J connectivity index is 2.36. The Morgan fingerprint density at radius 2 is 2.12 bits per heavy atom. The van der Waals surface area contributed by atoms with Gasteiger partial charge in [-0.15, -0.1) is 0 Å². The maximum Gasteiger partial charge on any atom is 0.145 e. The fourth-order valence-electron chi connectivity index (χ4n) is 2.04. The van der Waals surface area contributed by atoms with Crippen LogP contribution in [0.2, 0.25) is 0 Å². The van der Waals surface area contributed by atoms with Crippen LogP contribution in [0.1, 0.15) is 12.5 Å². The Bertz CT molecular complexity index is 391. The highest BCUT2D eigenvalue weighted by atomic mass is 16.5. The van der Waals surface area contributed by atoms with Crippen LogP contribution in [0.3, 0.4) is 0 Å². The van der Waals surface area contributed by atoms with Crippen molar-refractivity contribution >= 4 is 5.69 Å². The number of hydrogen-bond acceptors (Lipinski definition) is 4. The average molecular weight is 222 g/mol. The molecule has 0 bridgehead atoms. The van der Waals surface area contributed by atoms with Gasteiger partial charge < -0.3 is 20.5 Å². The van der Waals surface area contributed by atoms with Gasteiger partial charge in [0, 0.05) is 18.2 Å². The SMILES string of the molecule is COc1cc2c(c(OC)c1)NC(C(C)N)C2. The number of fused-ring (bicyclic) bond motifs is 1. The third kappa shape index (κ3) is 1.80. The number of rotatable bonds is 3. The van der Waals surface area contributed by atoms with Gasteiger partial charge in [-0.3, -0.25) is 0 Å². The normalized spacial score (nSPS) is 19.9. The maximum absolute atomic E-state index is 5.90. The molecule has 1 aliphatic rings. The Labute approximate surface area is 95.7 Å². The topological polar surface area (TPSA) is 56.5 Å². The Morgan fingerprint density at radius 3 is 2.69 bits per heavy atom. The quantitative estimate of drug-likeness (QED) is 0.811. The molecule has 0 spiro atoms. The first-order valence-electron chi connectivity index (χ1n) is 5.42. The molecule has 4 nitrogen and oxygen atoms in total. The molecule has 1 aliphatic heterocycles. The molecular weight excluding hydrogens is 204 g/mol. The van der Waals surface area contributed by atoms with E-state index in [0.29, 0.717) is 0 Å². The second-order valence-corrected chi connectivity index (χ2v) is 4.18. The zero-order chi connectivity index (χ0) is 11.7. The van der Waals surface area contributed by atoms with Crippen molar-refractivity contribution in [3.05, 3.63) is 17.7 Å². The van der Waals surface area contributed by atoms with Crippen molar-refractivity contribution in [1.82, 2.24) is 0 Å². The lowest BCUT2D eigenvalue weighted by Gasteiger charge is -2.15. The predicted octanol–water partition coefficient (Wildman–Crippen LogP) is 1.39. The summed E-state index contributed by atoms with van der Waals surface area (Å²) in [6.45, 7) is 2.01. The van der Waals surface area contributed by atoms with Crippen molar-refractivity contribution in [2.45, 2.75) is 25.4 Å². The van der Waals surface area contributed by atoms with Crippen molar-refractivity contribution in [3.63, 3.8) is 0 Å². The summed E-state index contributed by atoms with van der Waals surface area (Å²) < 4.78 is 10.6. The number of ether oxygens (including phenoxy) is 2. The lowest BCUT2D eigenvalue weighted by molar-refractivity contribution is 0.395. The summed E-state index contributed by atoms with van der Waals surface area (Å²) in [5.41, 5.74) is 8.16. The smallest absolute Gasteiger partial charge is 0.145 e. The zero-order valence-corrected chi connectivity index (χ0v) is 9.91. The fraction of sp³-hybridized carbons (Fsp3) is 0.500. The highest BCUT2D eigenvalue weighted by Gasteiger charge is 2.26. The molecule has 88 valence electrons. The van der Waals surface area contributed by atoms with Gasteiger partial charge in [0.25, 0.3) is 0 Å². The molecule has 1 heterocycles. The van der Waals surface area contributed by atoms with E-state index in [-0.39, 0.29) is 12.1 Å². The molecule has 2 rings (SSSR count). The molecule has 1 aromatic rings. The molecule has 0 saturated heterocycles. The van der Waals surface area contributed by atoms with Crippen molar-refractivity contribution < 1.29 is 9.47 Å². The summed E-state index contributed by atoms with van der Waals surface area (Å²) in [5, 5.41) is 3.40. The monoisotopic (exact) mass is 222 g/mol. The fourth-order valence-corrected chi connectivity index (χ4v) is 2.04. The molecule has 0 radical (unpaired) electrons. The largest absolute Gasteiger partial charge is 0.497 e. The van der Waals surface area contributed by atoms with Gasteiger partial charge in [0.15, 0.2) is 0 Å². The molecule has 0 aliphatic carbocycles. The van der Waals surface area contributed by atoms with Crippen LogP contribution in [0, 0.1) is 0 Å². The van der Waals surface area contributed by atoms with E-state index in [9.17, 15) is 0 Å². The molecule has 0 fully saturated rings. The molecule has 0 saturated carbocycles. The highest BCUT2D eigenvalue weighted by molar-refractivity contribution is 5.68. The number of methoxy groups -OCH3 is 2. The van der Waals surface area contributed by atoms with Crippen LogP contribution in [0.25, 0.3) is 0 Å². The van der Waals surface area contributed by atoms with Gasteiger partial charge >= 0.3 is 0 Å². The summed E-state index contributed by atoms with van der Waals surface area (Å²) >= 11 is 0. The van der Waals surface area contributed by atoms with Crippen LogP contribution < -0.4 is 20.5 Å². The first kappa shape index (κ1) is 11.1. The van der Waals surface area contributed by atoms with E-state index in [4.69, 9.17) is 15.2 Å². The van der Waals surface area contributed by atoms with E-state index >= 15 is 0 Å². The number of anilines is 1. The summed E-state index contributed by atoms with van der Waals surface area (Å²) in [6, 6.07) is 4.31. The number of benzene rings is 1. The minimum Gasteiger partial charge on any atom is -0.497 e. The van der Waals surface area contributed by atoms with Crippen LogP contribution in [-0.4, -0.2) is 26.3 Å². The van der Waals surface area contributed by atoms with Gasteiger partial charge in [-0.05, 0) is 25.0 Å². The van der Waals surface area contributed by atoms with Gasteiger partial charge in [-0.25, -0.2) is 0 Å². The molecular formula is C12H18N2O2. The summed E-state index contributed by atoms with van der Waals surface area (Å²) in [6.07, 6.45) is 0.917. The van der Waals surface area contributed by atoms with Crippen LogP contribution in [0.5, 0.6) is 11.5 Å². The van der Waals surface area contributed by atoms with Crippen molar-refractivity contribution in [2.75, 3.05) is 19.5 Å². The molecule has 4 heteroatoms. The standard InChI is InChI=1S/C12H18N2O2/c1-7(13)10-5-8-4-9(15-2)6-11(16-3)12(8)14-10/h4,6-7,10,14H,5,13H2,1-3H3. The van der Waals surface area contributed by atoms with Crippen LogP contribution >= 0.6 is 0 Å². The lowest BCUT2D eigenvalue weighted by atomic mass is 10.1. The average Bonchev–Trinajstić information content (AvgIpc) is 2.71. The van der Waals surface area contributed by atoms with E-state index in [1.165, 1.54) is 5.56 Å². The predicted molar refractivity (Wildman–Crippen MR) is 64.3 cm³/mol. The highest BCUT2D eigenvalue weighted by Crippen LogP contribution is 2.38. The summed E-state index contributed by atoms with van der Waals surface area (Å²) in [7, 11) is 3.32. The van der Waals surface area contributed by atoms with E-state index < -0.39 is 0 Å². The third-order valence-corrected chi connectivity index (χ3v) is 3.02. The zero-order valence-electron chi connectivity index (χ0n) is 9.91. The molecule has 2 unspecified atom stereocenters. The van der Waals surface area contributed by atoms with Crippen molar-refractivity contribution in [2.24, 2.45) is 5.73 Å². The van der Waals surface area contributed by atoms with Crippen molar-refractivity contribution in [1.29, 1.82) is 0 Å². The van der Waals surface area contributed by atoms with Gasteiger partial charge in [0.2, 0.25) is 0 Å². The molecule has 1 aromatic carbocycles. The third-order valence-electron chi connectivity index (χ3n) is 3.02. The van der Waals surface area contributed by atoms with Crippen LogP contribution in [-0.2, 0) is 6.42 Å². The number of nitrogens with one attached hydrogen (secondary N) is 1. The van der Waals surface area contributed by atoms with E-state index in [1.807, 2.05) is 19.1 Å². The van der Waals surface area contributed by atoms with Gasteiger partial charge in [0.05, 0.1) is 19.9 Å². The van der Waals surface area contributed by atoms with E-state index in [2.05, 4.69) is 5.32 Å². The minimum atomic E-state index is 0.114. The van der Waals surface area contributed by atoms with E-state index in [0.717, 1.165) is 23.6 Å². The first-order valence-corrected chi connectivity index (χ1v) is 5.42. The Hall–Kier alpha value is -1.42. The lowest BCUT2D eigenvalue weighted by Crippen LogP contribution is -2.36. The van der Waals surface area contributed by atoms with Gasteiger partial charge in [-0.2, -0.15) is 0 Å². The van der Waals surface area contributed by atoms with Crippen LogP contribution in [0.4, 0.5) is 5.69 Å². The maximum atomic E-state index is 5.90. The number of hydrogen-bond donors (Lipinski definition) is 2. The molecule has 16 heavy (non-hydrogen) atoms. The second-order valence-electron chi connectivity index (χ2n) is 4.18. The van der Waals surface area contributed by atoms with Crippen LogP contribution in [0.15, 0.2) is 12.1 Å². The molecule has 2 atom stereocenters. The summed E-state index contributed by atoms with van der Waals surface area (Å²) in [5.74, 6) is 1.64. The molecule has 0 aromatic heterocycles. The molecule has 0 amide bonds. The first-order chi connectivity index (χ1) is 7.65. The summed E-state index contributed by atoms with van der Waals surface area (Å²) in [4.78, 5) is 0. The minimum absolute atomic E-state index is 0.114. The Kier molecular flexibility index (Phi) is 2.92. The second kappa shape index (κ2) is 4.22. The van der Waals surface area contributed by atoms with E-state index in [1.54, 1.807) is 14.2 Å². The van der Waals surface area contributed by atoms with Gasteiger partial charge in [-0.1, -0.05) is 0 Å².